The molecule has 1 heterocycles. The van der Waals surface area contributed by atoms with Crippen molar-refractivity contribution in [2.45, 2.75) is 6.42 Å². The number of nitrogens with one attached hydrogen (secondary N) is 2. The minimum atomic E-state index is -0.304. The number of carbonyl (C=O) groups excluding carboxylic acids is 1. The summed E-state index contributed by atoms with van der Waals surface area (Å²) >= 11 is 0. The van der Waals surface area contributed by atoms with E-state index in [1.165, 1.54) is 12.1 Å². The predicted molar refractivity (Wildman–Crippen MR) is 77.0 cm³/mol. The van der Waals surface area contributed by atoms with Gasteiger partial charge in [-0.3, -0.25) is 4.79 Å². The van der Waals surface area contributed by atoms with Crippen LogP contribution >= 0.6 is 0 Å². The lowest BCUT2D eigenvalue weighted by molar-refractivity contribution is -0.115. The van der Waals surface area contributed by atoms with Gasteiger partial charge in [0.25, 0.3) is 0 Å². The Morgan fingerprint density at radius 2 is 1.95 bits per heavy atom. The van der Waals surface area contributed by atoms with Crippen molar-refractivity contribution in [3.8, 4) is 0 Å². The molecule has 0 saturated heterocycles. The maximum Gasteiger partial charge on any atom is 0.228 e. The standard InChI is InChI=1S/C16H13FN2O/c17-12-6-7-15-14(9-12)11(10-18-15)8-16(20)19-13-4-2-1-3-5-13/h1-7,9-10,18H,8H2,(H,19,20). The van der Waals surface area contributed by atoms with Gasteiger partial charge in [-0.1, -0.05) is 18.2 Å². The van der Waals surface area contributed by atoms with Crippen molar-refractivity contribution in [1.29, 1.82) is 0 Å². The lowest BCUT2D eigenvalue weighted by atomic mass is 10.1. The third-order valence-corrected chi connectivity index (χ3v) is 3.14. The number of aromatic nitrogens is 1. The summed E-state index contributed by atoms with van der Waals surface area (Å²) in [5, 5.41) is 3.56. The van der Waals surface area contributed by atoms with Crippen LogP contribution < -0.4 is 5.32 Å². The van der Waals surface area contributed by atoms with Gasteiger partial charge in [0.05, 0.1) is 6.42 Å². The predicted octanol–water partition coefficient (Wildman–Crippen LogP) is 3.49. The van der Waals surface area contributed by atoms with Crippen LogP contribution in [0.2, 0.25) is 0 Å². The first kappa shape index (κ1) is 12.4. The average molecular weight is 268 g/mol. The zero-order valence-corrected chi connectivity index (χ0v) is 10.7. The Morgan fingerprint density at radius 3 is 2.75 bits per heavy atom. The monoisotopic (exact) mass is 268 g/mol. The number of anilines is 1. The number of carbonyl (C=O) groups is 1. The van der Waals surface area contributed by atoms with Crippen molar-refractivity contribution >= 4 is 22.5 Å². The smallest absolute Gasteiger partial charge is 0.228 e. The molecular weight excluding hydrogens is 255 g/mol. The van der Waals surface area contributed by atoms with Crippen LogP contribution in [0.4, 0.5) is 10.1 Å². The zero-order valence-electron chi connectivity index (χ0n) is 10.7. The first-order valence-electron chi connectivity index (χ1n) is 6.33. The van der Waals surface area contributed by atoms with E-state index in [2.05, 4.69) is 10.3 Å². The minimum absolute atomic E-state index is 0.124. The molecule has 0 spiro atoms. The topological polar surface area (TPSA) is 44.9 Å². The fourth-order valence-electron chi connectivity index (χ4n) is 2.20. The Labute approximate surface area is 115 Å². The maximum absolute atomic E-state index is 13.3. The molecule has 0 aliphatic rings. The third-order valence-electron chi connectivity index (χ3n) is 3.14. The number of aromatic amines is 1. The van der Waals surface area contributed by atoms with Gasteiger partial charge in [-0.15, -0.1) is 0 Å². The molecule has 100 valence electrons. The van der Waals surface area contributed by atoms with E-state index in [1.54, 1.807) is 12.3 Å². The van der Waals surface area contributed by atoms with Gasteiger partial charge in [0, 0.05) is 22.8 Å². The Bertz CT molecular complexity index is 750. The van der Waals surface area contributed by atoms with Crippen molar-refractivity contribution in [1.82, 2.24) is 4.98 Å². The first-order chi connectivity index (χ1) is 9.72. The molecule has 0 aliphatic carbocycles. The van der Waals surface area contributed by atoms with E-state index in [4.69, 9.17) is 0 Å². The highest BCUT2D eigenvalue weighted by Crippen LogP contribution is 2.20. The normalized spacial score (nSPS) is 10.7. The highest BCUT2D eigenvalue weighted by Gasteiger charge is 2.09. The maximum atomic E-state index is 13.3. The molecule has 0 aliphatic heterocycles. The van der Waals surface area contributed by atoms with Gasteiger partial charge in [-0.05, 0) is 35.9 Å². The number of rotatable bonds is 3. The third kappa shape index (κ3) is 2.54. The van der Waals surface area contributed by atoms with Crippen LogP contribution in [0, 0.1) is 5.82 Å². The number of halogens is 1. The SMILES string of the molecule is O=C(Cc1c[nH]c2ccc(F)cc12)Nc1ccccc1. The van der Waals surface area contributed by atoms with Crippen LogP contribution in [-0.4, -0.2) is 10.9 Å². The van der Waals surface area contributed by atoms with E-state index in [-0.39, 0.29) is 18.1 Å². The average Bonchev–Trinajstić information content (AvgIpc) is 2.82. The number of fused-ring (bicyclic) bond motifs is 1. The van der Waals surface area contributed by atoms with Crippen molar-refractivity contribution in [3.05, 3.63) is 66.1 Å². The second-order valence-electron chi connectivity index (χ2n) is 4.59. The van der Waals surface area contributed by atoms with Crippen LogP contribution in [0.5, 0.6) is 0 Å². The minimum Gasteiger partial charge on any atom is -0.361 e. The molecule has 3 nitrogen and oxygen atoms in total. The van der Waals surface area contributed by atoms with Crippen LogP contribution in [0.3, 0.4) is 0 Å². The molecule has 1 aromatic heterocycles. The molecule has 3 rings (SSSR count). The van der Waals surface area contributed by atoms with Crippen LogP contribution in [-0.2, 0) is 11.2 Å². The molecule has 2 aromatic carbocycles. The summed E-state index contributed by atoms with van der Waals surface area (Å²) in [4.78, 5) is 15.0. The molecule has 20 heavy (non-hydrogen) atoms. The molecule has 0 bridgehead atoms. The second-order valence-corrected chi connectivity index (χ2v) is 4.59. The summed E-state index contributed by atoms with van der Waals surface area (Å²) in [6.07, 6.45) is 1.95. The van der Waals surface area contributed by atoms with Crippen molar-refractivity contribution in [3.63, 3.8) is 0 Å². The van der Waals surface area contributed by atoms with Gasteiger partial charge in [0.1, 0.15) is 5.82 Å². The van der Waals surface area contributed by atoms with E-state index in [0.717, 1.165) is 22.2 Å². The fraction of sp³-hybridized carbons (Fsp3) is 0.0625. The molecule has 4 heteroatoms. The summed E-state index contributed by atoms with van der Waals surface area (Å²) in [6.45, 7) is 0. The summed E-state index contributed by atoms with van der Waals surface area (Å²) in [6, 6.07) is 13.8. The Kier molecular flexibility index (Phi) is 3.21. The van der Waals surface area contributed by atoms with Crippen LogP contribution in [0.25, 0.3) is 10.9 Å². The molecule has 1 amide bonds. The fourth-order valence-corrected chi connectivity index (χ4v) is 2.20. The van der Waals surface area contributed by atoms with E-state index in [1.807, 2.05) is 30.3 Å². The Hall–Kier alpha value is -2.62. The van der Waals surface area contributed by atoms with Gasteiger partial charge < -0.3 is 10.3 Å². The zero-order chi connectivity index (χ0) is 13.9. The molecule has 0 saturated carbocycles. The Morgan fingerprint density at radius 1 is 1.15 bits per heavy atom. The number of benzene rings is 2. The van der Waals surface area contributed by atoms with E-state index >= 15 is 0 Å². The lowest BCUT2D eigenvalue weighted by Crippen LogP contribution is -2.14. The highest BCUT2D eigenvalue weighted by atomic mass is 19.1. The molecular formula is C16H13FN2O. The van der Waals surface area contributed by atoms with E-state index in [0.29, 0.717) is 0 Å². The summed E-state index contributed by atoms with van der Waals surface area (Å²) in [7, 11) is 0. The molecule has 2 N–H and O–H groups in total. The molecule has 0 radical (unpaired) electrons. The van der Waals surface area contributed by atoms with Crippen molar-refractivity contribution in [2.75, 3.05) is 5.32 Å². The molecule has 3 aromatic rings. The lowest BCUT2D eigenvalue weighted by Gasteiger charge is -2.04. The second kappa shape index (κ2) is 5.17. The van der Waals surface area contributed by atoms with Crippen LogP contribution in [0.1, 0.15) is 5.56 Å². The van der Waals surface area contributed by atoms with Gasteiger partial charge in [-0.25, -0.2) is 4.39 Å². The summed E-state index contributed by atoms with van der Waals surface area (Å²) < 4.78 is 13.3. The number of hydrogen-bond acceptors (Lipinski definition) is 1. The number of para-hydroxylation sites is 1. The van der Waals surface area contributed by atoms with Crippen molar-refractivity contribution in [2.24, 2.45) is 0 Å². The van der Waals surface area contributed by atoms with Crippen molar-refractivity contribution < 1.29 is 9.18 Å². The van der Waals surface area contributed by atoms with Gasteiger partial charge in [-0.2, -0.15) is 0 Å². The Balaban J connectivity index is 1.79. The summed E-state index contributed by atoms with van der Waals surface area (Å²) in [5.74, 6) is -0.428. The van der Waals surface area contributed by atoms with E-state index < -0.39 is 0 Å². The van der Waals surface area contributed by atoms with Crippen LogP contribution in [0.15, 0.2) is 54.7 Å². The molecule has 0 unspecified atom stereocenters. The van der Waals surface area contributed by atoms with Gasteiger partial charge in [0.15, 0.2) is 0 Å². The summed E-state index contributed by atoms with van der Waals surface area (Å²) in [5.41, 5.74) is 2.37. The van der Waals surface area contributed by atoms with E-state index in [9.17, 15) is 9.18 Å². The van der Waals surface area contributed by atoms with Gasteiger partial charge in [0.2, 0.25) is 5.91 Å². The first-order valence-corrected chi connectivity index (χ1v) is 6.33. The number of H-pyrrole nitrogens is 1. The number of amides is 1. The van der Waals surface area contributed by atoms with Gasteiger partial charge >= 0.3 is 0 Å². The number of hydrogen-bond donors (Lipinski definition) is 2. The quantitative estimate of drug-likeness (QED) is 0.750. The largest absolute Gasteiger partial charge is 0.361 e. The molecule has 0 atom stereocenters. The molecule has 0 fully saturated rings. The highest BCUT2D eigenvalue weighted by molar-refractivity contribution is 5.95.